The van der Waals surface area contributed by atoms with E-state index in [0.29, 0.717) is 16.9 Å². The molecule has 0 aliphatic carbocycles. The lowest BCUT2D eigenvalue weighted by Crippen LogP contribution is -2.31. The molecule has 0 bridgehead atoms. The number of aryl methyl sites for hydroxylation is 1. The highest BCUT2D eigenvalue weighted by Crippen LogP contribution is 2.29. The lowest BCUT2D eigenvalue weighted by Gasteiger charge is -2.20. The number of hydrazine groups is 1. The molecule has 5 heteroatoms. The number of nitrogens with two attached hydrogens (primary N) is 2. The van der Waals surface area contributed by atoms with Gasteiger partial charge in [-0.2, -0.15) is 0 Å². The second-order valence-electron chi connectivity index (χ2n) is 4.05. The minimum atomic E-state index is -0.514. The number of hydrogen-bond acceptors (Lipinski definition) is 4. The Morgan fingerprint density at radius 3 is 2.61 bits per heavy atom. The van der Waals surface area contributed by atoms with Gasteiger partial charge in [-0.05, 0) is 24.6 Å². The van der Waals surface area contributed by atoms with E-state index in [1.165, 1.54) is 6.07 Å². The van der Waals surface area contributed by atoms with Crippen LogP contribution in [0.1, 0.15) is 22.7 Å². The Labute approximate surface area is 105 Å². The Bertz CT molecular complexity index is 536. The fourth-order valence-electron chi connectivity index (χ4n) is 2.00. The first-order chi connectivity index (χ1) is 8.65. The zero-order valence-corrected chi connectivity index (χ0v) is 10.0. The molecule has 2 rings (SSSR count). The predicted molar refractivity (Wildman–Crippen MR) is 69.0 cm³/mol. The lowest BCUT2D eigenvalue weighted by atomic mass is 9.96. The van der Waals surface area contributed by atoms with E-state index >= 15 is 0 Å². The van der Waals surface area contributed by atoms with Crippen molar-refractivity contribution in [3.05, 3.63) is 59.0 Å². The van der Waals surface area contributed by atoms with Crippen molar-refractivity contribution in [2.45, 2.75) is 13.0 Å². The van der Waals surface area contributed by atoms with Crippen molar-refractivity contribution < 1.29 is 4.39 Å². The summed E-state index contributed by atoms with van der Waals surface area (Å²) in [5, 5.41) is 0. The zero-order valence-electron chi connectivity index (χ0n) is 10.0. The van der Waals surface area contributed by atoms with Gasteiger partial charge in [-0.25, -0.2) is 14.8 Å². The molecule has 1 atom stereocenters. The highest BCUT2D eigenvalue weighted by Gasteiger charge is 2.20. The van der Waals surface area contributed by atoms with Crippen molar-refractivity contribution in [2.75, 3.05) is 5.73 Å². The number of nitrogen functional groups attached to an aromatic ring is 1. The molecule has 94 valence electrons. The predicted octanol–water partition coefficient (Wildman–Crippen LogP) is 1.66. The number of anilines is 1. The summed E-state index contributed by atoms with van der Waals surface area (Å²) in [4.78, 5) is 4.02. The molecule has 0 fully saturated rings. The number of hydrogen-bond donors (Lipinski definition) is 3. The Balaban J connectivity index is 2.56. The molecule has 2 aromatic rings. The third kappa shape index (κ3) is 2.18. The van der Waals surface area contributed by atoms with Crippen molar-refractivity contribution in [3.63, 3.8) is 0 Å². The maximum atomic E-state index is 13.8. The number of aromatic nitrogens is 1. The number of halogens is 1. The van der Waals surface area contributed by atoms with E-state index in [9.17, 15) is 4.39 Å². The van der Waals surface area contributed by atoms with E-state index in [0.717, 1.165) is 5.56 Å². The molecular weight excluding hydrogens is 231 g/mol. The molecule has 18 heavy (non-hydrogen) atoms. The fraction of sp³-hybridized carbons (Fsp3) is 0.154. The minimum Gasteiger partial charge on any atom is -0.383 e. The summed E-state index contributed by atoms with van der Waals surface area (Å²) in [7, 11) is 0. The molecule has 4 nitrogen and oxygen atoms in total. The summed E-state index contributed by atoms with van der Waals surface area (Å²) >= 11 is 0. The summed E-state index contributed by atoms with van der Waals surface area (Å²) < 4.78 is 13.8. The molecule has 0 aliphatic rings. The third-order valence-corrected chi connectivity index (χ3v) is 2.91. The second-order valence-corrected chi connectivity index (χ2v) is 4.05. The van der Waals surface area contributed by atoms with Crippen LogP contribution in [-0.4, -0.2) is 4.98 Å². The van der Waals surface area contributed by atoms with Gasteiger partial charge in [0, 0.05) is 17.3 Å². The number of pyridine rings is 1. The average Bonchev–Trinajstić information content (AvgIpc) is 2.35. The van der Waals surface area contributed by atoms with Crippen LogP contribution in [0.5, 0.6) is 0 Å². The average molecular weight is 246 g/mol. The molecule has 0 saturated heterocycles. The van der Waals surface area contributed by atoms with Crippen LogP contribution in [0.15, 0.2) is 36.5 Å². The Morgan fingerprint density at radius 1 is 1.28 bits per heavy atom. The molecule has 0 saturated carbocycles. The Kier molecular flexibility index (Phi) is 3.55. The molecule has 0 spiro atoms. The normalized spacial score (nSPS) is 12.4. The standard InChI is InChI=1S/C13H15FN4/c1-8-6-7-17-13(15)11(8)12(18-16)9-4-2-3-5-10(9)14/h2-7,12,18H,16H2,1H3,(H2,15,17). The quantitative estimate of drug-likeness (QED) is 0.568. The first-order valence-corrected chi connectivity index (χ1v) is 5.56. The van der Waals surface area contributed by atoms with Crippen LogP contribution < -0.4 is 17.0 Å². The third-order valence-electron chi connectivity index (χ3n) is 2.91. The molecule has 0 amide bonds. The SMILES string of the molecule is Cc1ccnc(N)c1C(NN)c1ccccc1F. The van der Waals surface area contributed by atoms with Gasteiger partial charge < -0.3 is 5.73 Å². The van der Waals surface area contributed by atoms with Gasteiger partial charge in [0.25, 0.3) is 0 Å². The number of rotatable bonds is 3. The molecule has 1 heterocycles. The Hall–Kier alpha value is -1.98. The maximum Gasteiger partial charge on any atom is 0.128 e. The van der Waals surface area contributed by atoms with Gasteiger partial charge in [0.2, 0.25) is 0 Å². The van der Waals surface area contributed by atoms with E-state index in [2.05, 4.69) is 10.4 Å². The van der Waals surface area contributed by atoms with Crippen LogP contribution >= 0.6 is 0 Å². The first kappa shape index (κ1) is 12.5. The monoisotopic (exact) mass is 246 g/mol. The fourth-order valence-corrected chi connectivity index (χ4v) is 2.00. The molecule has 1 aromatic carbocycles. The van der Waals surface area contributed by atoms with E-state index in [-0.39, 0.29) is 5.82 Å². The van der Waals surface area contributed by atoms with Gasteiger partial charge in [0.1, 0.15) is 11.6 Å². The summed E-state index contributed by atoms with van der Waals surface area (Å²) in [6.45, 7) is 1.89. The van der Waals surface area contributed by atoms with Crippen molar-refractivity contribution >= 4 is 5.82 Å². The first-order valence-electron chi connectivity index (χ1n) is 5.56. The van der Waals surface area contributed by atoms with Crippen molar-refractivity contribution in [1.82, 2.24) is 10.4 Å². The van der Waals surface area contributed by atoms with Gasteiger partial charge in [-0.3, -0.25) is 5.84 Å². The highest BCUT2D eigenvalue weighted by molar-refractivity contribution is 5.49. The van der Waals surface area contributed by atoms with Crippen molar-refractivity contribution in [2.24, 2.45) is 5.84 Å². The second kappa shape index (κ2) is 5.12. The van der Waals surface area contributed by atoms with Crippen LogP contribution in [0.2, 0.25) is 0 Å². The van der Waals surface area contributed by atoms with Crippen LogP contribution in [0.25, 0.3) is 0 Å². The molecule has 1 unspecified atom stereocenters. The van der Waals surface area contributed by atoms with E-state index in [1.807, 2.05) is 13.0 Å². The van der Waals surface area contributed by atoms with E-state index < -0.39 is 6.04 Å². The summed E-state index contributed by atoms with van der Waals surface area (Å²) in [5.74, 6) is 5.56. The molecule has 5 N–H and O–H groups in total. The van der Waals surface area contributed by atoms with Gasteiger partial charge in [-0.1, -0.05) is 18.2 Å². The minimum absolute atomic E-state index is 0.330. The summed E-state index contributed by atoms with van der Waals surface area (Å²) in [5.41, 5.74) is 10.5. The highest BCUT2D eigenvalue weighted by atomic mass is 19.1. The van der Waals surface area contributed by atoms with Crippen LogP contribution in [0, 0.1) is 12.7 Å². The largest absolute Gasteiger partial charge is 0.383 e. The number of nitrogens with zero attached hydrogens (tertiary/aromatic N) is 1. The topological polar surface area (TPSA) is 77.0 Å². The van der Waals surface area contributed by atoms with Crippen molar-refractivity contribution in [3.8, 4) is 0 Å². The van der Waals surface area contributed by atoms with Gasteiger partial charge in [-0.15, -0.1) is 0 Å². The van der Waals surface area contributed by atoms with Crippen LogP contribution in [0.3, 0.4) is 0 Å². The number of nitrogens with one attached hydrogen (secondary N) is 1. The molecular formula is C13H15FN4. The van der Waals surface area contributed by atoms with E-state index in [1.54, 1.807) is 24.4 Å². The summed E-state index contributed by atoms with van der Waals surface area (Å²) in [6.07, 6.45) is 1.61. The lowest BCUT2D eigenvalue weighted by molar-refractivity contribution is 0.559. The molecule has 1 aromatic heterocycles. The van der Waals surface area contributed by atoms with Crippen LogP contribution in [-0.2, 0) is 0 Å². The van der Waals surface area contributed by atoms with Gasteiger partial charge in [0.15, 0.2) is 0 Å². The smallest absolute Gasteiger partial charge is 0.128 e. The maximum absolute atomic E-state index is 13.8. The number of benzene rings is 1. The van der Waals surface area contributed by atoms with E-state index in [4.69, 9.17) is 11.6 Å². The summed E-state index contributed by atoms with van der Waals surface area (Å²) in [6, 6.07) is 7.75. The zero-order chi connectivity index (χ0) is 13.1. The van der Waals surface area contributed by atoms with Crippen molar-refractivity contribution in [1.29, 1.82) is 0 Å². The van der Waals surface area contributed by atoms with Gasteiger partial charge in [0.05, 0.1) is 6.04 Å². The molecule has 0 radical (unpaired) electrons. The Morgan fingerprint density at radius 2 is 2.00 bits per heavy atom. The molecule has 0 aliphatic heterocycles. The van der Waals surface area contributed by atoms with Crippen LogP contribution in [0.4, 0.5) is 10.2 Å². The van der Waals surface area contributed by atoms with Gasteiger partial charge >= 0.3 is 0 Å².